The zero-order chi connectivity index (χ0) is 2.00. The maximum Gasteiger partial charge on any atom is 0 e. The van der Waals surface area contributed by atoms with Gasteiger partial charge >= 0.3 is 0 Å². The summed E-state index contributed by atoms with van der Waals surface area (Å²) in [4.78, 5) is 0. The van der Waals surface area contributed by atoms with Crippen LogP contribution in [-0.2, 0) is 0 Å². The quantitative estimate of drug-likeness (QED) is 0.284. The van der Waals surface area contributed by atoms with E-state index in [1.54, 1.807) is 0 Å². The summed E-state index contributed by atoms with van der Waals surface area (Å²) in [5, 5.41) is 0. The van der Waals surface area contributed by atoms with Gasteiger partial charge in [-0.2, -0.15) is 0 Å². The second-order valence-corrected chi connectivity index (χ2v) is 0. The smallest absolute Gasteiger partial charge is 0 e. The predicted octanol–water partition coefficient (Wildman–Crippen LogP) is -0.403. The molecule has 0 unspecified atom stereocenters. The van der Waals surface area contributed by atoms with Crippen molar-refractivity contribution in [1.29, 1.82) is 0 Å². The van der Waals surface area contributed by atoms with Crippen LogP contribution in [0.15, 0.2) is 13.2 Å². The van der Waals surface area contributed by atoms with Crippen LogP contribution in [0.1, 0.15) is 0 Å². The largest absolute Gasteiger partial charge is 0.412 e. The zero-order valence-electron chi connectivity index (χ0n) is 2.62. The van der Waals surface area contributed by atoms with Crippen LogP contribution in [0.5, 0.6) is 0 Å². The van der Waals surface area contributed by atoms with Crippen LogP contribution in [-0.4, -0.2) is 43.2 Å². The van der Waals surface area contributed by atoms with Crippen molar-refractivity contribution in [2.75, 3.05) is 0 Å². The summed E-state index contributed by atoms with van der Waals surface area (Å²) in [7, 11) is 0. The summed E-state index contributed by atoms with van der Waals surface area (Å²) in [6.07, 6.45) is 0. The molecule has 0 saturated carbocycles. The van der Waals surface area contributed by atoms with Gasteiger partial charge in [-0.05, 0) is 0 Å². The van der Waals surface area contributed by atoms with Gasteiger partial charge in [0.1, 0.15) is 0 Å². The van der Waals surface area contributed by atoms with Crippen molar-refractivity contribution in [3.63, 3.8) is 0 Å². The first-order chi connectivity index (χ1) is 1.00. The van der Waals surface area contributed by atoms with Gasteiger partial charge in [0, 0.05) is 37.7 Å². The van der Waals surface area contributed by atoms with Gasteiger partial charge in [-0.25, -0.2) is 0 Å². The molecule has 0 bridgehead atoms. The fourth-order valence-corrected chi connectivity index (χ4v) is 0. The van der Waals surface area contributed by atoms with Crippen molar-refractivity contribution in [3.8, 4) is 0 Å². The van der Waals surface area contributed by atoms with E-state index in [2.05, 4.69) is 13.2 Å². The minimum atomic E-state index is 0. The number of rotatable bonds is 0. The minimum Gasteiger partial charge on any atom is -0.412 e. The molecule has 1 nitrogen and oxygen atoms in total. The molecule has 0 aromatic carbocycles. The summed E-state index contributed by atoms with van der Waals surface area (Å²) in [6, 6.07) is 0. The van der Waals surface area contributed by atoms with Gasteiger partial charge in [0.15, 0.2) is 0 Å². The average Bonchev–Trinajstić information content (AvgIpc) is 1.00. The van der Waals surface area contributed by atoms with Crippen LogP contribution in [0, 0.1) is 0 Å². The van der Waals surface area contributed by atoms with Crippen molar-refractivity contribution in [2.45, 2.75) is 0 Å². The van der Waals surface area contributed by atoms with Crippen molar-refractivity contribution in [1.82, 2.24) is 0 Å². The Hall–Kier alpha value is 0.960. The summed E-state index contributed by atoms with van der Waals surface area (Å²) < 4.78 is 0. The number of hydrogen-bond donors (Lipinski definition) is 0. The maximum absolute atomic E-state index is 3.00. The van der Waals surface area contributed by atoms with Crippen LogP contribution >= 0.6 is 0 Å². The third kappa shape index (κ3) is 12.3. The molecule has 4 heavy (non-hydrogen) atoms. The Bertz CT molecular complexity index is 6.00. The molecular weight excluding hydrogens is 80.1 g/mol. The Kier molecular flexibility index (Phi) is 191. The van der Waals surface area contributed by atoms with Gasteiger partial charge in [-0.3, -0.25) is 0 Å². The van der Waals surface area contributed by atoms with E-state index in [9.17, 15) is 0 Å². The van der Waals surface area contributed by atoms with E-state index in [0.717, 1.165) is 0 Å². The Morgan fingerprint density at radius 2 is 1.00 bits per heavy atom. The van der Waals surface area contributed by atoms with Crippen LogP contribution in [0.25, 0.3) is 0 Å². The third-order valence-corrected chi connectivity index (χ3v) is 0. The molecule has 0 rings (SSSR count). The van der Waals surface area contributed by atoms with Crippen molar-refractivity contribution >= 4 is 37.7 Å². The van der Waals surface area contributed by atoms with Gasteiger partial charge in [0.05, 0.1) is 0 Å². The molecule has 0 saturated heterocycles. The van der Waals surface area contributed by atoms with Gasteiger partial charge in [-0.15, -0.1) is 13.2 Å². The van der Waals surface area contributed by atoms with Crippen molar-refractivity contribution in [3.05, 3.63) is 13.2 Å². The molecule has 2 heteroatoms. The standard InChI is InChI=1S/C2H4.Ca.H2O/c1-2;;/h1-2H2;;1H2. The van der Waals surface area contributed by atoms with E-state index in [1.807, 2.05) is 0 Å². The van der Waals surface area contributed by atoms with Gasteiger partial charge in [0.2, 0.25) is 0 Å². The Labute approximate surface area is 56.0 Å². The SMILES string of the molecule is C=C.O.[Ca]. The maximum atomic E-state index is 3.00. The fourth-order valence-electron chi connectivity index (χ4n) is 0. The summed E-state index contributed by atoms with van der Waals surface area (Å²) in [5.74, 6) is 0. The van der Waals surface area contributed by atoms with E-state index in [-0.39, 0.29) is 43.2 Å². The second-order valence-electron chi connectivity index (χ2n) is 0. The monoisotopic (exact) mass is 86.0 g/mol. The van der Waals surface area contributed by atoms with Crippen molar-refractivity contribution < 1.29 is 5.48 Å². The molecule has 0 aliphatic rings. The first-order valence-corrected chi connectivity index (χ1v) is 0.500. The molecule has 0 aliphatic carbocycles. The Balaban J connectivity index is -0.00000000500. The van der Waals surface area contributed by atoms with Crippen molar-refractivity contribution in [2.24, 2.45) is 0 Å². The molecule has 0 heterocycles. The third-order valence-electron chi connectivity index (χ3n) is 0. The molecule has 0 fully saturated rings. The molecule has 2 N–H and O–H groups in total. The van der Waals surface area contributed by atoms with Gasteiger partial charge < -0.3 is 5.48 Å². The predicted molar refractivity (Wildman–Crippen MR) is 20.6 cm³/mol. The molecule has 0 aliphatic heterocycles. The van der Waals surface area contributed by atoms with E-state index < -0.39 is 0 Å². The van der Waals surface area contributed by atoms with E-state index in [0.29, 0.717) is 0 Å². The molecule has 2 radical (unpaired) electrons. The second kappa shape index (κ2) is 37.7. The normalized spacial score (nSPS) is 1.00. The Morgan fingerprint density at radius 1 is 1.00 bits per heavy atom. The van der Waals surface area contributed by atoms with Crippen LogP contribution < -0.4 is 0 Å². The Morgan fingerprint density at radius 3 is 1.00 bits per heavy atom. The number of hydrogen-bond acceptors (Lipinski definition) is 0. The van der Waals surface area contributed by atoms with Crippen LogP contribution in [0.2, 0.25) is 0 Å². The zero-order valence-corrected chi connectivity index (χ0v) is 4.83. The van der Waals surface area contributed by atoms with Gasteiger partial charge in [-0.1, -0.05) is 0 Å². The molecule has 0 atom stereocenters. The minimum absolute atomic E-state index is 0. The van der Waals surface area contributed by atoms with E-state index >= 15 is 0 Å². The molecule has 0 aromatic rings. The van der Waals surface area contributed by atoms with E-state index in [1.165, 1.54) is 0 Å². The van der Waals surface area contributed by atoms with E-state index in [4.69, 9.17) is 0 Å². The average molecular weight is 86.1 g/mol. The first kappa shape index (κ1) is 20.2. The topological polar surface area (TPSA) is 31.5 Å². The first-order valence-electron chi connectivity index (χ1n) is 0.500. The summed E-state index contributed by atoms with van der Waals surface area (Å²) in [5.41, 5.74) is 0. The molecular formula is C2H6CaO. The fraction of sp³-hybridized carbons (Fsp3) is 0. The summed E-state index contributed by atoms with van der Waals surface area (Å²) in [6.45, 7) is 6.00. The van der Waals surface area contributed by atoms with Crippen LogP contribution in [0.3, 0.4) is 0 Å². The molecule has 0 aromatic heterocycles. The summed E-state index contributed by atoms with van der Waals surface area (Å²) >= 11 is 0. The molecule has 0 amide bonds. The van der Waals surface area contributed by atoms with Crippen LogP contribution in [0.4, 0.5) is 0 Å². The molecule has 0 spiro atoms. The molecule has 22 valence electrons. The van der Waals surface area contributed by atoms with Gasteiger partial charge in [0.25, 0.3) is 0 Å².